The molecular formula is C32H33ClFN7O2. The van der Waals surface area contributed by atoms with E-state index in [-0.39, 0.29) is 24.9 Å². The molecule has 222 valence electrons. The molecule has 1 saturated heterocycles. The summed E-state index contributed by atoms with van der Waals surface area (Å²) in [5, 5.41) is 28.0. The molecule has 3 aromatic rings. The molecule has 0 bridgehead atoms. The quantitative estimate of drug-likeness (QED) is 0.309. The summed E-state index contributed by atoms with van der Waals surface area (Å²) in [6, 6.07) is 15.8. The van der Waals surface area contributed by atoms with Gasteiger partial charge in [0.05, 0.1) is 23.6 Å². The highest BCUT2D eigenvalue weighted by Gasteiger charge is 2.29. The third-order valence-electron chi connectivity index (χ3n) is 8.16. The van der Waals surface area contributed by atoms with Crippen LogP contribution in [0.2, 0.25) is 5.02 Å². The minimum atomic E-state index is -1.13. The van der Waals surface area contributed by atoms with Gasteiger partial charge in [-0.1, -0.05) is 42.4 Å². The van der Waals surface area contributed by atoms with Gasteiger partial charge in [0, 0.05) is 47.9 Å². The third kappa shape index (κ3) is 6.51. The van der Waals surface area contributed by atoms with E-state index in [1.54, 1.807) is 0 Å². The molecule has 2 N–H and O–H groups in total. The van der Waals surface area contributed by atoms with Gasteiger partial charge >= 0.3 is 0 Å². The first-order valence-electron chi connectivity index (χ1n) is 14.3. The fraction of sp³-hybridized carbons (Fsp3) is 0.375. The van der Waals surface area contributed by atoms with Crippen molar-refractivity contribution in [3.8, 4) is 18.0 Å². The number of aromatic nitrogens is 1. The lowest BCUT2D eigenvalue weighted by atomic mass is 9.95. The molecule has 1 amide bonds. The maximum Gasteiger partial charge on any atom is 0.279 e. The van der Waals surface area contributed by atoms with Gasteiger partial charge in [0.2, 0.25) is 5.88 Å². The number of likely N-dealkylation sites (tertiary alicyclic amines) is 1. The Morgan fingerprint density at radius 2 is 2.05 bits per heavy atom. The molecule has 9 nitrogen and oxygen atoms in total. The maximum atomic E-state index is 13.4. The molecule has 43 heavy (non-hydrogen) atoms. The number of ether oxygens (including phenoxy) is 1. The summed E-state index contributed by atoms with van der Waals surface area (Å²) in [6.45, 7) is 5.61. The number of nitriles is 2. The van der Waals surface area contributed by atoms with Crippen molar-refractivity contribution in [3.63, 3.8) is 0 Å². The zero-order chi connectivity index (χ0) is 30.5. The predicted octanol–water partition coefficient (Wildman–Crippen LogP) is 5.09. The molecule has 0 saturated carbocycles. The number of pyridine rings is 1. The van der Waals surface area contributed by atoms with E-state index in [4.69, 9.17) is 21.3 Å². The number of hydrogen-bond donors (Lipinski definition) is 2. The molecule has 5 rings (SSSR count). The van der Waals surface area contributed by atoms with Gasteiger partial charge in [-0.2, -0.15) is 15.5 Å². The zero-order valence-electron chi connectivity index (χ0n) is 24.0. The molecule has 1 fully saturated rings. The van der Waals surface area contributed by atoms with Gasteiger partial charge < -0.3 is 25.2 Å². The van der Waals surface area contributed by atoms with Crippen molar-refractivity contribution in [2.24, 2.45) is 0 Å². The van der Waals surface area contributed by atoms with Gasteiger partial charge in [0.15, 0.2) is 5.83 Å². The van der Waals surface area contributed by atoms with Gasteiger partial charge in [-0.05, 0) is 50.4 Å². The summed E-state index contributed by atoms with van der Waals surface area (Å²) >= 11 is 6.65. The smallest absolute Gasteiger partial charge is 0.279 e. The van der Waals surface area contributed by atoms with Gasteiger partial charge in [-0.15, -0.1) is 0 Å². The van der Waals surface area contributed by atoms with E-state index in [1.165, 1.54) is 0 Å². The Hall–Kier alpha value is -4.38. The number of nitrogens with zero attached hydrogens (tertiary/aromatic N) is 5. The number of likely N-dealkylation sites (N-methyl/N-ethyl adjacent to an activating group) is 1. The van der Waals surface area contributed by atoms with Crippen LogP contribution in [0.25, 0.3) is 10.8 Å². The molecule has 2 aliphatic heterocycles. The van der Waals surface area contributed by atoms with Crippen LogP contribution in [0.15, 0.2) is 48.8 Å². The second-order valence-electron chi connectivity index (χ2n) is 10.9. The number of anilines is 2. The number of amides is 1. The first kappa shape index (κ1) is 30.1. The molecule has 0 aliphatic carbocycles. The van der Waals surface area contributed by atoms with E-state index in [2.05, 4.69) is 40.1 Å². The number of halogens is 2. The number of carbonyl (C=O) groups is 1. The predicted molar refractivity (Wildman–Crippen MR) is 165 cm³/mol. The Balaban J connectivity index is 1.50. The largest absolute Gasteiger partial charge is 0.475 e. The van der Waals surface area contributed by atoms with Gasteiger partial charge in [0.25, 0.3) is 5.91 Å². The SMILES string of the molecule is C=C(F)C(=O)N[C@@H](CC#N)CNc1nc(OCC2CCCN2C)c(C#N)c2c1CCN(c1cccc3cccc(Cl)c13)C2. The summed E-state index contributed by atoms with van der Waals surface area (Å²) in [7, 11) is 2.06. The first-order valence-corrected chi connectivity index (χ1v) is 14.7. The van der Waals surface area contributed by atoms with Crippen LogP contribution in [0.5, 0.6) is 5.88 Å². The molecule has 1 aromatic heterocycles. The minimum absolute atomic E-state index is 0.0442. The number of rotatable bonds is 10. The van der Waals surface area contributed by atoms with Crippen LogP contribution in [-0.2, 0) is 17.8 Å². The second-order valence-corrected chi connectivity index (χ2v) is 11.3. The van der Waals surface area contributed by atoms with Crippen molar-refractivity contribution in [1.29, 1.82) is 10.5 Å². The highest BCUT2D eigenvalue weighted by Crippen LogP contribution is 2.39. The molecule has 0 radical (unpaired) electrons. The standard InChI is InChI=1S/C32H33ClFN7O2/c1-20(34)31(42)38-22(11-13-35)17-37-30-24-12-15-41(28-10-4-7-21-6-3-9-27(33)29(21)28)18-26(24)25(16-36)32(39-30)43-19-23-8-5-14-40(23)2/h3-4,6-7,9-10,22-23H,1,5,8,11-12,14-15,17-19H2,2H3,(H,37,39)(H,38,42)/t22-,23?/m0/s1. The van der Waals surface area contributed by atoms with E-state index in [1.807, 2.05) is 42.5 Å². The van der Waals surface area contributed by atoms with Crippen LogP contribution in [-0.4, -0.2) is 61.2 Å². The Morgan fingerprint density at radius 3 is 2.74 bits per heavy atom. The van der Waals surface area contributed by atoms with Crippen molar-refractivity contribution in [2.75, 3.05) is 43.5 Å². The molecule has 2 aliphatic rings. The third-order valence-corrected chi connectivity index (χ3v) is 8.48. The lowest BCUT2D eigenvalue weighted by Gasteiger charge is -2.34. The van der Waals surface area contributed by atoms with E-state index >= 15 is 0 Å². The van der Waals surface area contributed by atoms with Crippen LogP contribution in [0, 0.1) is 22.7 Å². The molecule has 2 atom stereocenters. The number of carbonyl (C=O) groups excluding carboxylic acids is 1. The number of fused-ring (bicyclic) bond motifs is 2. The van der Waals surface area contributed by atoms with E-state index < -0.39 is 17.8 Å². The lowest BCUT2D eigenvalue weighted by molar-refractivity contribution is -0.119. The topological polar surface area (TPSA) is 117 Å². The normalized spacial score (nSPS) is 17.0. The Morgan fingerprint density at radius 1 is 1.26 bits per heavy atom. The van der Waals surface area contributed by atoms with Crippen LogP contribution in [0.3, 0.4) is 0 Å². The fourth-order valence-corrected chi connectivity index (χ4v) is 6.13. The van der Waals surface area contributed by atoms with E-state index in [9.17, 15) is 19.7 Å². The minimum Gasteiger partial charge on any atom is -0.475 e. The number of hydrogen-bond acceptors (Lipinski definition) is 8. The van der Waals surface area contributed by atoms with Crippen molar-refractivity contribution < 1.29 is 13.9 Å². The van der Waals surface area contributed by atoms with E-state index in [0.717, 1.165) is 47.0 Å². The monoisotopic (exact) mass is 601 g/mol. The first-order chi connectivity index (χ1) is 20.8. The highest BCUT2D eigenvalue weighted by molar-refractivity contribution is 6.36. The Kier molecular flexibility index (Phi) is 9.30. The molecule has 1 unspecified atom stereocenters. The molecular weight excluding hydrogens is 569 g/mol. The second kappa shape index (κ2) is 13.3. The zero-order valence-corrected chi connectivity index (χ0v) is 24.8. The van der Waals surface area contributed by atoms with Crippen molar-refractivity contribution >= 4 is 39.8 Å². The van der Waals surface area contributed by atoms with Crippen LogP contribution < -0.4 is 20.3 Å². The summed E-state index contributed by atoms with van der Waals surface area (Å²) in [5.74, 6) is -1.35. The summed E-state index contributed by atoms with van der Waals surface area (Å²) in [5.41, 5.74) is 3.01. The van der Waals surface area contributed by atoms with Crippen LogP contribution >= 0.6 is 11.6 Å². The average molecular weight is 602 g/mol. The van der Waals surface area contributed by atoms with Crippen molar-refractivity contribution in [3.05, 3.63) is 70.5 Å². The van der Waals surface area contributed by atoms with Gasteiger partial charge in [0.1, 0.15) is 24.1 Å². The molecule has 0 spiro atoms. The summed E-state index contributed by atoms with van der Waals surface area (Å²) < 4.78 is 19.6. The van der Waals surface area contributed by atoms with E-state index in [0.29, 0.717) is 42.5 Å². The number of benzene rings is 2. The Bertz CT molecular complexity index is 1630. The molecule has 2 aromatic carbocycles. The van der Waals surface area contributed by atoms with Crippen molar-refractivity contribution in [2.45, 2.75) is 44.3 Å². The number of nitrogens with one attached hydrogen (secondary N) is 2. The van der Waals surface area contributed by atoms with Gasteiger partial charge in [-0.25, -0.2) is 4.39 Å². The summed E-state index contributed by atoms with van der Waals surface area (Å²) in [6.07, 6.45) is 2.61. The van der Waals surface area contributed by atoms with Crippen LogP contribution in [0.1, 0.15) is 36.0 Å². The van der Waals surface area contributed by atoms with Crippen LogP contribution in [0.4, 0.5) is 15.9 Å². The fourth-order valence-electron chi connectivity index (χ4n) is 5.85. The Labute approximate surface area is 255 Å². The lowest BCUT2D eigenvalue weighted by Crippen LogP contribution is -2.40. The maximum absolute atomic E-state index is 13.4. The highest BCUT2D eigenvalue weighted by atomic mass is 35.5. The van der Waals surface area contributed by atoms with Gasteiger partial charge in [-0.3, -0.25) is 4.79 Å². The molecule has 11 heteroatoms. The van der Waals surface area contributed by atoms with Crippen molar-refractivity contribution in [1.82, 2.24) is 15.2 Å². The average Bonchev–Trinajstić information content (AvgIpc) is 3.42. The molecule has 3 heterocycles. The summed E-state index contributed by atoms with van der Waals surface area (Å²) in [4.78, 5) is 21.1.